The summed E-state index contributed by atoms with van der Waals surface area (Å²) in [4.78, 5) is 4.46. The summed E-state index contributed by atoms with van der Waals surface area (Å²) in [7, 11) is 0. The van der Waals surface area contributed by atoms with Crippen molar-refractivity contribution in [3.05, 3.63) is 59.6 Å². The van der Waals surface area contributed by atoms with Gasteiger partial charge in [-0.3, -0.25) is 4.99 Å². The topological polar surface area (TPSA) is 49.6 Å². The Kier molecular flexibility index (Phi) is 8.73. The first-order chi connectivity index (χ1) is 11.1. The van der Waals surface area contributed by atoms with Gasteiger partial charge >= 0.3 is 0 Å². The Morgan fingerprint density at radius 1 is 1.25 bits per heavy atom. The Labute approximate surface area is 157 Å². The number of halogens is 3. The Morgan fingerprint density at radius 2 is 2.04 bits per heavy atom. The van der Waals surface area contributed by atoms with E-state index < -0.39 is 11.6 Å². The average Bonchev–Trinajstić information content (AvgIpc) is 3.03. The molecular weight excluding hydrogens is 427 g/mol. The molecule has 0 amide bonds. The highest BCUT2D eigenvalue weighted by Crippen LogP contribution is 2.15. The number of aliphatic imine (C=N–C) groups is 1. The molecule has 7 heteroatoms. The molecule has 0 fully saturated rings. The SMILES string of the molecule is CCNC(=NCCc1ccco1)NC(C)c1ccc(F)c(F)c1.I. The van der Waals surface area contributed by atoms with Gasteiger partial charge in [0, 0.05) is 19.5 Å². The van der Waals surface area contributed by atoms with Gasteiger partial charge in [0.2, 0.25) is 0 Å². The van der Waals surface area contributed by atoms with Crippen molar-refractivity contribution < 1.29 is 13.2 Å². The minimum atomic E-state index is -0.851. The Hall–Kier alpha value is -1.64. The molecule has 0 aliphatic rings. The first-order valence-electron chi connectivity index (χ1n) is 7.62. The van der Waals surface area contributed by atoms with E-state index in [1.165, 1.54) is 6.07 Å². The summed E-state index contributed by atoms with van der Waals surface area (Å²) in [5, 5.41) is 6.31. The molecule has 0 radical (unpaired) electrons. The molecule has 0 bridgehead atoms. The van der Waals surface area contributed by atoms with Crippen LogP contribution in [0.2, 0.25) is 0 Å². The van der Waals surface area contributed by atoms with Crippen LogP contribution in [0.1, 0.15) is 31.2 Å². The van der Waals surface area contributed by atoms with E-state index in [1.54, 1.807) is 12.3 Å². The molecule has 2 aromatic rings. The number of nitrogens with one attached hydrogen (secondary N) is 2. The Bertz CT molecular complexity index is 647. The molecule has 0 saturated carbocycles. The molecule has 1 aromatic carbocycles. The minimum absolute atomic E-state index is 0. The van der Waals surface area contributed by atoms with Gasteiger partial charge in [-0.1, -0.05) is 6.07 Å². The third-order valence-electron chi connectivity index (χ3n) is 3.35. The van der Waals surface area contributed by atoms with Crippen LogP contribution in [-0.4, -0.2) is 19.0 Å². The van der Waals surface area contributed by atoms with Crippen LogP contribution in [0.3, 0.4) is 0 Å². The average molecular weight is 449 g/mol. The van der Waals surface area contributed by atoms with Crippen molar-refractivity contribution >= 4 is 29.9 Å². The molecule has 0 spiro atoms. The number of benzene rings is 1. The highest BCUT2D eigenvalue weighted by atomic mass is 127. The fourth-order valence-corrected chi connectivity index (χ4v) is 2.12. The van der Waals surface area contributed by atoms with Crippen LogP contribution >= 0.6 is 24.0 Å². The highest BCUT2D eigenvalue weighted by molar-refractivity contribution is 14.0. The van der Waals surface area contributed by atoms with Gasteiger partial charge in [-0.25, -0.2) is 8.78 Å². The van der Waals surface area contributed by atoms with E-state index >= 15 is 0 Å². The lowest BCUT2D eigenvalue weighted by molar-refractivity contribution is 0.504. The Morgan fingerprint density at radius 3 is 2.67 bits per heavy atom. The summed E-state index contributed by atoms with van der Waals surface area (Å²) in [6, 6.07) is 7.42. The van der Waals surface area contributed by atoms with Gasteiger partial charge in [-0.2, -0.15) is 0 Å². The summed E-state index contributed by atoms with van der Waals surface area (Å²) in [6.45, 7) is 5.10. The minimum Gasteiger partial charge on any atom is -0.469 e. The molecule has 0 aliphatic carbocycles. The van der Waals surface area contributed by atoms with E-state index in [0.717, 1.165) is 11.8 Å². The second-order valence-corrected chi connectivity index (χ2v) is 5.13. The van der Waals surface area contributed by atoms with Crippen LogP contribution in [0.5, 0.6) is 0 Å². The van der Waals surface area contributed by atoms with E-state index in [0.29, 0.717) is 31.0 Å². The third kappa shape index (κ3) is 6.10. The predicted octanol–water partition coefficient (Wildman–Crippen LogP) is 4.03. The third-order valence-corrected chi connectivity index (χ3v) is 3.35. The van der Waals surface area contributed by atoms with Gasteiger partial charge < -0.3 is 15.1 Å². The van der Waals surface area contributed by atoms with Gasteiger partial charge in [-0.15, -0.1) is 24.0 Å². The van der Waals surface area contributed by atoms with Gasteiger partial charge in [0.15, 0.2) is 17.6 Å². The highest BCUT2D eigenvalue weighted by Gasteiger charge is 2.10. The lowest BCUT2D eigenvalue weighted by Crippen LogP contribution is -2.38. The molecule has 1 heterocycles. The fourth-order valence-electron chi connectivity index (χ4n) is 2.12. The van der Waals surface area contributed by atoms with Gasteiger partial charge in [0.25, 0.3) is 0 Å². The van der Waals surface area contributed by atoms with Crippen molar-refractivity contribution in [2.45, 2.75) is 26.3 Å². The van der Waals surface area contributed by atoms with E-state index in [1.807, 2.05) is 26.0 Å². The second-order valence-electron chi connectivity index (χ2n) is 5.13. The fraction of sp³-hybridized carbons (Fsp3) is 0.353. The number of furan rings is 1. The smallest absolute Gasteiger partial charge is 0.191 e. The summed E-state index contributed by atoms with van der Waals surface area (Å²) in [5.74, 6) is -0.203. The Balaban J connectivity index is 0.00000288. The zero-order valence-electron chi connectivity index (χ0n) is 13.7. The molecule has 24 heavy (non-hydrogen) atoms. The summed E-state index contributed by atoms with van der Waals surface area (Å²) < 4.78 is 31.6. The largest absolute Gasteiger partial charge is 0.469 e. The molecular formula is C17H22F2IN3O. The van der Waals surface area contributed by atoms with Crippen molar-refractivity contribution in [3.63, 3.8) is 0 Å². The van der Waals surface area contributed by atoms with Crippen molar-refractivity contribution in [1.29, 1.82) is 0 Å². The molecule has 2 rings (SSSR count). The summed E-state index contributed by atoms with van der Waals surface area (Å²) in [5.41, 5.74) is 0.653. The van der Waals surface area contributed by atoms with Crippen molar-refractivity contribution in [3.8, 4) is 0 Å². The molecule has 1 aromatic heterocycles. The number of hydrogen-bond acceptors (Lipinski definition) is 2. The molecule has 132 valence electrons. The molecule has 4 nitrogen and oxygen atoms in total. The quantitative estimate of drug-likeness (QED) is 0.398. The molecule has 0 aliphatic heterocycles. The first kappa shape index (κ1) is 20.4. The lowest BCUT2D eigenvalue weighted by Gasteiger charge is -2.18. The van der Waals surface area contributed by atoms with Crippen LogP contribution in [-0.2, 0) is 6.42 Å². The molecule has 1 atom stereocenters. The predicted molar refractivity (Wildman–Crippen MR) is 102 cm³/mol. The standard InChI is InChI=1S/C17H21F2N3O.HI/c1-3-20-17(21-9-8-14-5-4-10-23-14)22-12(2)13-6-7-15(18)16(19)11-13;/h4-7,10-12H,3,8-9H2,1-2H3,(H2,20,21,22);1H. The molecule has 2 N–H and O–H groups in total. The first-order valence-corrected chi connectivity index (χ1v) is 7.62. The summed E-state index contributed by atoms with van der Waals surface area (Å²) in [6.07, 6.45) is 2.33. The van der Waals surface area contributed by atoms with Gasteiger partial charge in [-0.05, 0) is 43.7 Å². The molecule has 1 unspecified atom stereocenters. The maximum absolute atomic E-state index is 13.3. The van der Waals surface area contributed by atoms with E-state index in [-0.39, 0.29) is 30.0 Å². The normalized spacial score (nSPS) is 12.4. The van der Waals surface area contributed by atoms with Crippen LogP contribution < -0.4 is 10.6 Å². The van der Waals surface area contributed by atoms with E-state index in [4.69, 9.17) is 4.42 Å². The maximum Gasteiger partial charge on any atom is 0.191 e. The van der Waals surface area contributed by atoms with E-state index in [2.05, 4.69) is 15.6 Å². The van der Waals surface area contributed by atoms with Crippen molar-refractivity contribution in [2.24, 2.45) is 4.99 Å². The molecule has 0 saturated heterocycles. The van der Waals surface area contributed by atoms with Crippen LogP contribution in [0.4, 0.5) is 8.78 Å². The summed E-state index contributed by atoms with van der Waals surface area (Å²) >= 11 is 0. The van der Waals surface area contributed by atoms with Gasteiger partial charge in [0.05, 0.1) is 12.3 Å². The zero-order chi connectivity index (χ0) is 16.7. The number of hydrogen-bond donors (Lipinski definition) is 2. The van der Waals surface area contributed by atoms with Crippen LogP contribution in [0, 0.1) is 11.6 Å². The van der Waals surface area contributed by atoms with Crippen molar-refractivity contribution in [1.82, 2.24) is 10.6 Å². The van der Waals surface area contributed by atoms with E-state index in [9.17, 15) is 8.78 Å². The van der Waals surface area contributed by atoms with Crippen LogP contribution in [0.25, 0.3) is 0 Å². The monoisotopic (exact) mass is 449 g/mol. The number of nitrogens with zero attached hydrogens (tertiary/aromatic N) is 1. The number of guanidine groups is 1. The zero-order valence-corrected chi connectivity index (χ0v) is 16.0. The number of rotatable bonds is 6. The maximum atomic E-state index is 13.3. The van der Waals surface area contributed by atoms with Crippen LogP contribution in [0.15, 0.2) is 46.0 Å². The van der Waals surface area contributed by atoms with Gasteiger partial charge in [0.1, 0.15) is 5.76 Å². The lowest BCUT2D eigenvalue weighted by atomic mass is 10.1. The second kappa shape index (κ2) is 10.3. The van der Waals surface area contributed by atoms with Crippen molar-refractivity contribution in [2.75, 3.05) is 13.1 Å².